The van der Waals surface area contributed by atoms with E-state index in [1.807, 2.05) is 12.1 Å². The molecule has 2 fully saturated rings. The highest BCUT2D eigenvalue weighted by molar-refractivity contribution is 6.30. The van der Waals surface area contributed by atoms with Gasteiger partial charge in [-0.2, -0.15) is 4.98 Å². The first kappa shape index (κ1) is 16.9. The summed E-state index contributed by atoms with van der Waals surface area (Å²) in [6.07, 6.45) is 6.99. The SMILES string of the molecule is CN1CCCC1CCNc1nc(C2(c3ccc(Cl)cc3)CCC2)no1. The van der Waals surface area contributed by atoms with Crippen LogP contribution in [0.1, 0.15) is 49.9 Å². The average molecular weight is 361 g/mol. The van der Waals surface area contributed by atoms with Crippen molar-refractivity contribution in [3.8, 4) is 0 Å². The Labute approximate surface area is 153 Å². The third-order valence-corrected chi connectivity index (χ3v) is 6.14. The van der Waals surface area contributed by atoms with Gasteiger partial charge >= 0.3 is 6.01 Å². The second-order valence-electron chi connectivity index (χ2n) is 7.36. The van der Waals surface area contributed by atoms with Gasteiger partial charge in [0.1, 0.15) is 0 Å². The van der Waals surface area contributed by atoms with Crippen molar-refractivity contribution in [2.45, 2.75) is 50.0 Å². The summed E-state index contributed by atoms with van der Waals surface area (Å²) in [7, 11) is 2.20. The van der Waals surface area contributed by atoms with E-state index in [9.17, 15) is 0 Å². The molecular weight excluding hydrogens is 336 g/mol. The lowest BCUT2D eigenvalue weighted by Crippen LogP contribution is -2.36. The Balaban J connectivity index is 1.42. The van der Waals surface area contributed by atoms with Crippen LogP contribution in [0, 0.1) is 0 Å². The van der Waals surface area contributed by atoms with Crippen LogP contribution in [0.4, 0.5) is 6.01 Å². The summed E-state index contributed by atoms with van der Waals surface area (Å²) in [6, 6.07) is 9.25. The molecule has 2 heterocycles. The van der Waals surface area contributed by atoms with Crippen molar-refractivity contribution in [1.82, 2.24) is 15.0 Å². The van der Waals surface area contributed by atoms with Gasteiger partial charge in [-0.05, 0) is 63.4 Å². The fourth-order valence-electron chi connectivity index (χ4n) is 4.12. The zero-order valence-corrected chi connectivity index (χ0v) is 15.4. The highest BCUT2D eigenvalue weighted by atomic mass is 35.5. The van der Waals surface area contributed by atoms with E-state index in [0.29, 0.717) is 12.1 Å². The summed E-state index contributed by atoms with van der Waals surface area (Å²) in [4.78, 5) is 7.09. The topological polar surface area (TPSA) is 54.2 Å². The van der Waals surface area contributed by atoms with Crippen LogP contribution in [0.5, 0.6) is 0 Å². The lowest BCUT2D eigenvalue weighted by atomic mass is 9.64. The van der Waals surface area contributed by atoms with E-state index >= 15 is 0 Å². The molecule has 6 heteroatoms. The van der Waals surface area contributed by atoms with Gasteiger partial charge in [0.2, 0.25) is 0 Å². The predicted molar refractivity (Wildman–Crippen MR) is 99.1 cm³/mol. The van der Waals surface area contributed by atoms with Crippen molar-refractivity contribution >= 4 is 17.6 Å². The van der Waals surface area contributed by atoms with E-state index in [1.165, 1.54) is 31.4 Å². The van der Waals surface area contributed by atoms with Crippen molar-refractivity contribution in [1.29, 1.82) is 0 Å². The molecule has 25 heavy (non-hydrogen) atoms. The molecule has 5 nitrogen and oxygen atoms in total. The summed E-state index contributed by atoms with van der Waals surface area (Å²) in [5.74, 6) is 0.793. The fraction of sp³-hybridized carbons (Fsp3) is 0.579. The molecule has 0 radical (unpaired) electrons. The maximum Gasteiger partial charge on any atom is 0.321 e. The zero-order valence-electron chi connectivity index (χ0n) is 14.7. The smallest absolute Gasteiger partial charge is 0.321 e. The van der Waals surface area contributed by atoms with Crippen molar-refractivity contribution in [3.05, 3.63) is 40.7 Å². The van der Waals surface area contributed by atoms with Crippen LogP contribution in [0.3, 0.4) is 0 Å². The fourth-order valence-corrected chi connectivity index (χ4v) is 4.25. The van der Waals surface area contributed by atoms with E-state index in [2.05, 4.69) is 39.5 Å². The van der Waals surface area contributed by atoms with E-state index < -0.39 is 0 Å². The van der Waals surface area contributed by atoms with Gasteiger partial charge in [-0.15, -0.1) is 0 Å². The second-order valence-corrected chi connectivity index (χ2v) is 7.79. The van der Waals surface area contributed by atoms with Crippen LogP contribution >= 0.6 is 11.6 Å². The van der Waals surface area contributed by atoms with Gasteiger partial charge in [-0.3, -0.25) is 0 Å². The quantitative estimate of drug-likeness (QED) is 0.840. The normalized spacial score (nSPS) is 22.7. The maximum atomic E-state index is 6.03. The van der Waals surface area contributed by atoms with Gasteiger partial charge in [0.15, 0.2) is 5.82 Å². The number of likely N-dealkylation sites (tertiary alicyclic amines) is 1. The minimum atomic E-state index is -0.111. The summed E-state index contributed by atoms with van der Waals surface area (Å²) in [5, 5.41) is 8.34. The number of aromatic nitrogens is 2. The number of nitrogens with zero attached hydrogens (tertiary/aromatic N) is 3. The third-order valence-electron chi connectivity index (χ3n) is 5.88. The molecule has 1 aromatic heterocycles. The number of rotatable bonds is 6. The van der Waals surface area contributed by atoms with Gasteiger partial charge in [0.25, 0.3) is 0 Å². The van der Waals surface area contributed by atoms with Crippen LogP contribution in [-0.4, -0.2) is 41.2 Å². The molecule has 0 amide bonds. The lowest BCUT2D eigenvalue weighted by molar-refractivity contribution is 0.273. The first-order chi connectivity index (χ1) is 12.2. The maximum absolute atomic E-state index is 6.03. The van der Waals surface area contributed by atoms with Crippen LogP contribution < -0.4 is 5.32 Å². The van der Waals surface area contributed by atoms with E-state index in [0.717, 1.165) is 36.7 Å². The molecule has 134 valence electrons. The number of nitrogens with one attached hydrogen (secondary N) is 1. The Morgan fingerprint density at radius 3 is 2.72 bits per heavy atom. The lowest BCUT2D eigenvalue weighted by Gasteiger charge is -2.39. The molecule has 1 atom stereocenters. The summed E-state index contributed by atoms with van der Waals surface area (Å²) >= 11 is 6.03. The molecule has 2 aliphatic rings. The molecule has 4 rings (SSSR count). The Bertz CT molecular complexity index is 710. The van der Waals surface area contributed by atoms with Crippen molar-refractivity contribution in [2.75, 3.05) is 25.5 Å². The van der Waals surface area contributed by atoms with Crippen molar-refractivity contribution in [2.24, 2.45) is 0 Å². The second kappa shape index (κ2) is 6.96. The number of benzene rings is 1. The molecule has 1 saturated carbocycles. The van der Waals surface area contributed by atoms with Gasteiger partial charge < -0.3 is 14.7 Å². The Morgan fingerprint density at radius 1 is 1.28 bits per heavy atom. The first-order valence-electron chi connectivity index (χ1n) is 9.22. The van der Waals surface area contributed by atoms with Gasteiger partial charge in [-0.25, -0.2) is 0 Å². The van der Waals surface area contributed by atoms with Crippen LogP contribution in [0.25, 0.3) is 0 Å². The first-order valence-corrected chi connectivity index (χ1v) is 9.59. The molecule has 0 spiro atoms. The molecule has 1 aliphatic heterocycles. The van der Waals surface area contributed by atoms with Crippen LogP contribution in [0.2, 0.25) is 5.02 Å². The van der Waals surface area contributed by atoms with E-state index in [-0.39, 0.29) is 5.41 Å². The number of hydrogen-bond acceptors (Lipinski definition) is 5. The van der Waals surface area contributed by atoms with Gasteiger partial charge in [0.05, 0.1) is 5.41 Å². The minimum absolute atomic E-state index is 0.111. The molecule has 1 saturated heterocycles. The largest absolute Gasteiger partial charge is 0.338 e. The van der Waals surface area contributed by atoms with Crippen molar-refractivity contribution in [3.63, 3.8) is 0 Å². The molecule has 1 aliphatic carbocycles. The Kier molecular flexibility index (Phi) is 4.69. The minimum Gasteiger partial charge on any atom is -0.338 e. The van der Waals surface area contributed by atoms with Gasteiger partial charge in [0, 0.05) is 17.6 Å². The Hall–Kier alpha value is -1.59. The van der Waals surface area contributed by atoms with Crippen LogP contribution in [0.15, 0.2) is 28.8 Å². The molecule has 1 aromatic carbocycles. The molecule has 2 aromatic rings. The molecule has 1 unspecified atom stereocenters. The van der Waals surface area contributed by atoms with Crippen LogP contribution in [-0.2, 0) is 5.41 Å². The highest BCUT2D eigenvalue weighted by Crippen LogP contribution is 2.48. The van der Waals surface area contributed by atoms with Crippen molar-refractivity contribution < 1.29 is 4.52 Å². The average Bonchev–Trinajstić information content (AvgIpc) is 3.19. The number of halogens is 1. The van der Waals surface area contributed by atoms with Gasteiger partial charge in [-0.1, -0.05) is 35.3 Å². The van der Waals surface area contributed by atoms with E-state index in [1.54, 1.807) is 0 Å². The molecule has 0 bridgehead atoms. The molecular formula is C19H25ClN4O. The summed E-state index contributed by atoms with van der Waals surface area (Å²) in [6.45, 7) is 2.07. The third kappa shape index (κ3) is 3.27. The van der Waals surface area contributed by atoms with E-state index in [4.69, 9.17) is 16.1 Å². The Morgan fingerprint density at radius 2 is 2.08 bits per heavy atom. The standard InChI is InChI=1S/C19H25ClN4O/c1-24-13-2-4-16(24)9-12-21-18-22-17(23-25-18)19(10-3-11-19)14-5-7-15(20)8-6-14/h5-8,16H,2-4,9-13H2,1H3,(H,21,22,23). The zero-order chi connectivity index (χ0) is 17.3. The predicted octanol–water partition coefficient (Wildman–Crippen LogP) is 4.09. The highest BCUT2D eigenvalue weighted by Gasteiger charge is 2.44. The molecule has 1 N–H and O–H groups in total. The number of anilines is 1. The monoisotopic (exact) mass is 360 g/mol. The number of hydrogen-bond donors (Lipinski definition) is 1. The summed E-state index contributed by atoms with van der Waals surface area (Å²) < 4.78 is 5.47. The summed E-state index contributed by atoms with van der Waals surface area (Å²) in [5.41, 5.74) is 1.11.